The standard InChI is InChI=1S/C17H21BrN2O2/c18-14-7-3-4-8-15(14)20-12-13(11-16(20)21)17(22)19-9-5-1-2-6-10-19/h3-4,7-8,13H,1-2,5-6,9-12H2/t13-/m1/s1. The molecule has 0 unspecified atom stereocenters. The molecule has 2 amide bonds. The second kappa shape index (κ2) is 6.82. The van der Waals surface area contributed by atoms with Crippen LogP contribution in [0.4, 0.5) is 5.69 Å². The Kier molecular flexibility index (Phi) is 4.81. The molecule has 1 aromatic rings. The highest BCUT2D eigenvalue weighted by Crippen LogP contribution is 2.32. The topological polar surface area (TPSA) is 40.6 Å². The van der Waals surface area contributed by atoms with Crippen LogP contribution in [0, 0.1) is 5.92 Å². The van der Waals surface area contributed by atoms with E-state index in [0.29, 0.717) is 13.0 Å². The number of para-hydroxylation sites is 1. The Balaban J connectivity index is 1.71. The third kappa shape index (κ3) is 3.19. The highest BCUT2D eigenvalue weighted by atomic mass is 79.9. The first-order chi connectivity index (χ1) is 10.7. The third-order valence-electron chi connectivity index (χ3n) is 4.54. The summed E-state index contributed by atoms with van der Waals surface area (Å²) in [4.78, 5) is 28.7. The summed E-state index contributed by atoms with van der Waals surface area (Å²) in [5.41, 5.74) is 0.860. The molecule has 0 saturated carbocycles. The molecule has 1 atom stereocenters. The minimum atomic E-state index is -0.197. The van der Waals surface area contributed by atoms with Gasteiger partial charge in [-0.15, -0.1) is 0 Å². The predicted octanol–water partition coefficient (Wildman–Crippen LogP) is 3.20. The van der Waals surface area contributed by atoms with Gasteiger partial charge < -0.3 is 9.80 Å². The van der Waals surface area contributed by atoms with Gasteiger partial charge in [-0.2, -0.15) is 0 Å². The van der Waals surface area contributed by atoms with Crippen LogP contribution in [0.3, 0.4) is 0 Å². The average molecular weight is 365 g/mol. The number of carbonyl (C=O) groups is 2. The Bertz CT molecular complexity index is 568. The van der Waals surface area contributed by atoms with Gasteiger partial charge in [0.1, 0.15) is 0 Å². The van der Waals surface area contributed by atoms with Crippen molar-refractivity contribution in [2.24, 2.45) is 5.92 Å². The molecule has 0 spiro atoms. The van der Waals surface area contributed by atoms with Crippen LogP contribution in [0.1, 0.15) is 32.1 Å². The Morgan fingerprint density at radius 1 is 1.09 bits per heavy atom. The molecule has 0 bridgehead atoms. The van der Waals surface area contributed by atoms with Crippen molar-refractivity contribution in [3.63, 3.8) is 0 Å². The van der Waals surface area contributed by atoms with Crippen molar-refractivity contribution in [1.29, 1.82) is 0 Å². The van der Waals surface area contributed by atoms with Gasteiger partial charge in [0, 0.05) is 30.5 Å². The SMILES string of the molecule is O=C([C@@H]1CC(=O)N(c2ccccc2Br)C1)N1CCCCCC1. The van der Waals surface area contributed by atoms with E-state index in [1.54, 1.807) is 4.90 Å². The first kappa shape index (κ1) is 15.5. The number of hydrogen-bond acceptors (Lipinski definition) is 2. The highest BCUT2D eigenvalue weighted by molar-refractivity contribution is 9.10. The molecule has 0 aliphatic carbocycles. The van der Waals surface area contributed by atoms with Gasteiger partial charge in [0.05, 0.1) is 11.6 Å². The maximum absolute atomic E-state index is 12.7. The summed E-state index contributed by atoms with van der Waals surface area (Å²) in [6, 6.07) is 7.68. The Labute approximate surface area is 139 Å². The lowest BCUT2D eigenvalue weighted by atomic mass is 10.1. The van der Waals surface area contributed by atoms with E-state index >= 15 is 0 Å². The Morgan fingerprint density at radius 3 is 2.45 bits per heavy atom. The van der Waals surface area contributed by atoms with Crippen LogP contribution in [0.25, 0.3) is 0 Å². The summed E-state index contributed by atoms with van der Waals surface area (Å²) in [6.07, 6.45) is 4.91. The molecule has 2 heterocycles. The fraction of sp³-hybridized carbons (Fsp3) is 0.529. The van der Waals surface area contributed by atoms with Gasteiger partial charge in [-0.1, -0.05) is 25.0 Å². The van der Waals surface area contributed by atoms with Gasteiger partial charge in [0.2, 0.25) is 11.8 Å². The zero-order valence-electron chi connectivity index (χ0n) is 12.6. The number of likely N-dealkylation sites (tertiary alicyclic amines) is 1. The molecule has 2 aliphatic rings. The molecular weight excluding hydrogens is 344 g/mol. The van der Waals surface area contributed by atoms with Crippen LogP contribution < -0.4 is 4.90 Å². The van der Waals surface area contributed by atoms with Gasteiger partial charge in [0.15, 0.2) is 0 Å². The first-order valence-electron chi connectivity index (χ1n) is 8.00. The lowest BCUT2D eigenvalue weighted by Gasteiger charge is -2.24. The molecule has 3 rings (SSSR count). The summed E-state index contributed by atoms with van der Waals surface area (Å²) in [5.74, 6) is 0.00239. The lowest BCUT2D eigenvalue weighted by molar-refractivity contribution is -0.135. The maximum atomic E-state index is 12.7. The zero-order valence-corrected chi connectivity index (χ0v) is 14.2. The highest BCUT2D eigenvalue weighted by Gasteiger charge is 2.37. The van der Waals surface area contributed by atoms with Crippen molar-refractivity contribution in [2.75, 3.05) is 24.5 Å². The van der Waals surface area contributed by atoms with Crippen molar-refractivity contribution < 1.29 is 9.59 Å². The van der Waals surface area contributed by atoms with E-state index in [2.05, 4.69) is 15.9 Å². The van der Waals surface area contributed by atoms with E-state index in [0.717, 1.165) is 36.1 Å². The van der Waals surface area contributed by atoms with Crippen LogP contribution in [-0.4, -0.2) is 36.3 Å². The number of benzene rings is 1. The van der Waals surface area contributed by atoms with Crippen LogP contribution in [0.2, 0.25) is 0 Å². The Morgan fingerprint density at radius 2 is 1.77 bits per heavy atom. The smallest absolute Gasteiger partial charge is 0.228 e. The van der Waals surface area contributed by atoms with Gasteiger partial charge in [-0.25, -0.2) is 0 Å². The monoisotopic (exact) mass is 364 g/mol. The molecule has 0 radical (unpaired) electrons. The minimum absolute atomic E-state index is 0.0417. The summed E-state index contributed by atoms with van der Waals surface area (Å²) in [6.45, 7) is 2.19. The second-order valence-corrected chi connectivity index (χ2v) is 6.95. The molecule has 22 heavy (non-hydrogen) atoms. The van der Waals surface area contributed by atoms with E-state index in [9.17, 15) is 9.59 Å². The molecule has 2 saturated heterocycles. The van der Waals surface area contributed by atoms with Gasteiger partial charge in [-0.05, 0) is 40.9 Å². The summed E-state index contributed by atoms with van der Waals surface area (Å²) in [5, 5.41) is 0. The lowest BCUT2D eigenvalue weighted by Crippen LogP contribution is -2.38. The fourth-order valence-corrected chi connectivity index (χ4v) is 3.82. The van der Waals surface area contributed by atoms with E-state index in [4.69, 9.17) is 0 Å². The first-order valence-corrected chi connectivity index (χ1v) is 8.80. The van der Waals surface area contributed by atoms with E-state index in [1.807, 2.05) is 29.2 Å². The number of rotatable bonds is 2. The molecule has 1 aromatic carbocycles. The van der Waals surface area contributed by atoms with Crippen molar-refractivity contribution in [3.05, 3.63) is 28.7 Å². The van der Waals surface area contributed by atoms with Crippen molar-refractivity contribution >= 4 is 33.4 Å². The zero-order chi connectivity index (χ0) is 15.5. The minimum Gasteiger partial charge on any atom is -0.342 e. The molecule has 4 nitrogen and oxygen atoms in total. The summed E-state index contributed by atoms with van der Waals surface area (Å²) in [7, 11) is 0. The van der Waals surface area contributed by atoms with Gasteiger partial charge in [0.25, 0.3) is 0 Å². The molecule has 0 N–H and O–H groups in total. The van der Waals surface area contributed by atoms with Crippen LogP contribution in [-0.2, 0) is 9.59 Å². The molecule has 5 heteroatoms. The molecule has 118 valence electrons. The van der Waals surface area contributed by atoms with Crippen LogP contribution in [0.15, 0.2) is 28.7 Å². The average Bonchev–Trinajstić information content (AvgIpc) is 2.74. The number of hydrogen-bond donors (Lipinski definition) is 0. The van der Waals surface area contributed by atoms with Crippen molar-refractivity contribution in [1.82, 2.24) is 4.90 Å². The van der Waals surface area contributed by atoms with Crippen LogP contribution >= 0.6 is 15.9 Å². The molecule has 2 fully saturated rings. The summed E-state index contributed by atoms with van der Waals surface area (Å²) >= 11 is 3.49. The number of halogens is 1. The fourth-order valence-electron chi connectivity index (χ4n) is 3.33. The van der Waals surface area contributed by atoms with Gasteiger partial charge >= 0.3 is 0 Å². The quantitative estimate of drug-likeness (QED) is 0.808. The predicted molar refractivity (Wildman–Crippen MR) is 89.7 cm³/mol. The second-order valence-electron chi connectivity index (χ2n) is 6.10. The van der Waals surface area contributed by atoms with Crippen molar-refractivity contribution in [3.8, 4) is 0 Å². The van der Waals surface area contributed by atoms with Crippen LogP contribution in [0.5, 0.6) is 0 Å². The van der Waals surface area contributed by atoms with E-state index in [-0.39, 0.29) is 17.7 Å². The normalized spacial score (nSPS) is 22.8. The summed E-state index contributed by atoms with van der Waals surface area (Å²) < 4.78 is 0.895. The number of anilines is 1. The third-order valence-corrected chi connectivity index (χ3v) is 5.21. The largest absolute Gasteiger partial charge is 0.342 e. The molecular formula is C17H21BrN2O2. The van der Waals surface area contributed by atoms with Gasteiger partial charge in [-0.3, -0.25) is 9.59 Å². The van der Waals surface area contributed by atoms with E-state index in [1.165, 1.54) is 12.8 Å². The number of nitrogens with zero attached hydrogens (tertiary/aromatic N) is 2. The van der Waals surface area contributed by atoms with E-state index < -0.39 is 0 Å². The number of amides is 2. The molecule has 0 aromatic heterocycles. The van der Waals surface area contributed by atoms with Crippen molar-refractivity contribution in [2.45, 2.75) is 32.1 Å². The number of carbonyl (C=O) groups excluding carboxylic acids is 2. The molecule has 2 aliphatic heterocycles. The Hall–Kier alpha value is -1.36. The maximum Gasteiger partial charge on any atom is 0.228 e.